The van der Waals surface area contributed by atoms with Gasteiger partial charge in [-0.15, -0.1) is 0 Å². The molecule has 0 aromatic heterocycles. The van der Waals surface area contributed by atoms with Crippen molar-refractivity contribution in [3.8, 4) is 0 Å². The Bertz CT molecular complexity index is 525. The molecule has 0 heterocycles. The van der Waals surface area contributed by atoms with Crippen LogP contribution in [0, 0.1) is 12.7 Å². The van der Waals surface area contributed by atoms with Gasteiger partial charge in [-0.2, -0.15) is 0 Å². The summed E-state index contributed by atoms with van der Waals surface area (Å²) in [6, 6.07) is 12.8. The van der Waals surface area contributed by atoms with E-state index in [0.717, 1.165) is 11.3 Å². The van der Waals surface area contributed by atoms with Gasteiger partial charge in [0.2, 0.25) is 0 Å². The molecule has 1 nitrogen and oxygen atoms in total. The first-order valence-corrected chi connectivity index (χ1v) is 5.78. The van der Waals surface area contributed by atoms with Crippen molar-refractivity contribution < 1.29 is 4.39 Å². The zero-order chi connectivity index (χ0) is 12.3. The van der Waals surface area contributed by atoms with Crippen LogP contribution in [-0.4, -0.2) is 0 Å². The molecule has 0 aliphatic rings. The van der Waals surface area contributed by atoms with Gasteiger partial charge < -0.3 is 5.32 Å². The van der Waals surface area contributed by atoms with Gasteiger partial charge in [-0.05, 0) is 36.2 Å². The van der Waals surface area contributed by atoms with Crippen molar-refractivity contribution in [2.75, 3.05) is 5.32 Å². The molecule has 0 fully saturated rings. The van der Waals surface area contributed by atoms with Crippen LogP contribution in [0.2, 0.25) is 5.02 Å². The maximum Gasteiger partial charge on any atom is 0.141 e. The molecule has 0 aliphatic carbocycles. The molecule has 2 aromatic carbocycles. The van der Waals surface area contributed by atoms with Crippen molar-refractivity contribution in [3.05, 3.63) is 64.4 Å². The SMILES string of the molecule is Cc1ccccc1NCc1ccc(F)c(Cl)c1. The highest BCUT2D eigenvalue weighted by molar-refractivity contribution is 6.30. The normalized spacial score (nSPS) is 10.3. The fraction of sp³-hybridized carbons (Fsp3) is 0.143. The molecular weight excluding hydrogens is 237 g/mol. The monoisotopic (exact) mass is 249 g/mol. The lowest BCUT2D eigenvalue weighted by Crippen LogP contribution is -2.01. The number of hydrogen-bond acceptors (Lipinski definition) is 1. The minimum atomic E-state index is -0.383. The Kier molecular flexibility index (Phi) is 3.64. The highest BCUT2D eigenvalue weighted by Crippen LogP contribution is 2.18. The van der Waals surface area contributed by atoms with E-state index in [1.54, 1.807) is 12.1 Å². The van der Waals surface area contributed by atoms with Crippen molar-refractivity contribution in [1.82, 2.24) is 0 Å². The number of benzene rings is 2. The molecule has 2 aromatic rings. The smallest absolute Gasteiger partial charge is 0.141 e. The van der Waals surface area contributed by atoms with Crippen molar-refractivity contribution in [2.24, 2.45) is 0 Å². The summed E-state index contributed by atoms with van der Waals surface area (Å²) < 4.78 is 13.0. The Morgan fingerprint density at radius 1 is 1.18 bits per heavy atom. The first-order chi connectivity index (χ1) is 8.16. The van der Waals surface area contributed by atoms with Crippen LogP contribution in [0.1, 0.15) is 11.1 Å². The molecule has 88 valence electrons. The lowest BCUT2D eigenvalue weighted by atomic mass is 10.2. The van der Waals surface area contributed by atoms with Gasteiger partial charge in [-0.25, -0.2) is 4.39 Å². The zero-order valence-corrected chi connectivity index (χ0v) is 10.3. The molecule has 0 saturated heterocycles. The van der Waals surface area contributed by atoms with Crippen LogP contribution < -0.4 is 5.32 Å². The van der Waals surface area contributed by atoms with E-state index in [1.807, 2.05) is 31.2 Å². The molecule has 3 heteroatoms. The second-order valence-corrected chi connectivity index (χ2v) is 4.32. The van der Waals surface area contributed by atoms with E-state index in [-0.39, 0.29) is 10.8 Å². The number of aryl methyl sites for hydroxylation is 1. The molecule has 0 atom stereocenters. The van der Waals surface area contributed by atoms with Crippen LogP contribution in [0.3, 0.4) is 0 Å². The number of halogens is 2. The fourth-order valence-electron chi connectivity index (χ4n) is 1.62. The Morgan fingerprint density at radius 2 is 1.94 bits per heavy atom. The average molecular weight is 250 g/mol. The van der Waals surface area contributed by atoms with Gasteiger partial charge in [-0.1, -0.05) is 35.9 Å². The Labute approximate surface area is 105 Å². The standard InChI is InChI=1S/C14H13ClFN/c1-10-4-2-3-5-14(10)17-9-11-6-7-13(16)12(15)8-11/h2-8,17H,9H2,1H3. The lowest BCUT2D eigenvalue weighted by Gasteiger charge is -2.09. The highest BCUT2D eigenvalue weighted by atomic mass is 35.5. The Balaban J connectivity index is 2.08. The van der Waals surface area contributed by atoms with Gasteiger partial charge >= 0.3 is 0 Å². The van der Waals surface area contributed by atoms with Gasteiger partial charge in [0.15, 0.2) is 0 Å². The maximum atomic E-state index is 13.0. The van der Waals surface area contributed by atoms with Crippen molar-refractivity contribution in [1.29, 1.82) is 0 Å². The van der Waals surface area contributed by atoms with Crippen LogP contribution in [0.15, 0.2) is 42.5 Å². The van der Waals surface area contributed by atoms with Crippen molar-refractivity contribution in [3.63, 3.8) is 0 Å². The first kappa shape index (κ1) is 11.9. The van der Waals surface area contributed by atoms with Crippen molar-refractivity contribution in [2.45, 2.75) is 13.5 Å². The quantitative estimate of drug-likeness (QED) is 0.850. The van der Waals surface area contributed by atoms with E-state index >= 15 is 0 Å². The minimum Gasteiger partial charge on any atom is -0.381 e. The number of rotatable bonds is 3. The van der Waals surface area contributed by atoms with E-state index in [4.69, 9.17) is 11.6 Å². The summed E-state index contributed by atoms with van der Waals surface area (Å²) in [5.41, 5.74) is 3.22. The molecule has 0 aliphatic heterocycles. The molecule has 0 unspecified atom stereocenters. The largest absolute Gasteiger partial charge is 0.381 e. The molecular formula is C14H13ClFN. The lowest BCUT2D eigenvalue weighted by molar-refractivity contribution is 0.627. The zero-order valence-electron chi connectivity index (χ0n) is 9.50. The van der Waals surface area contributed by atoms with Gasteiger partial charge in [0.05, 0.1) is 5.02 Å². The van der Waals surface area contributed by atoms with E-state index in [1.165, 1.54) is 11.6 Å². The van der Waals surface area contributed by atoms with Crippen LogP contribution >= 0.6 is 11.6 Å². The van der Waals surface area contributed by atoms with Gasteiger partial charge in [-0.3, -0.25) is 0 Å². The molecule has 17 heavy (non-hydrogen) atoms. The third-order valence-corrected chi connectivity index (χ3v) is 2.90. The second-order valence-electron chi connectivity index (χ2n) is 3.92. The Morgan fingerprint density at radius 3 is 2.65 bits per heavy atom. The topological polar surface area (TPSA) is 12.0 Å². The van der Waals surface area contributed by atoms with Crippen molar-refractivity contribution >= 4 is 17.3 Å². The summed E-state index contributed by atoms with van der Waals surface area (Å²) >= 11 is 5.72. The molecule has 0 amide bonds. The predicted octanol–water partition coefficient (Wildman–Crippen LogP) is 4.40. The van der Waals surface area contributed by atoms with Gasteiger partial charge in [0.25, 0.3) is 0 Å². The summed E-state index contributed by atoms with van der Waals surface area (Å²) in [5, 5.41) is 3.46. The van der Waals surface area contributed by atoms with Gasteiger partial charge in [0.1, 0.15) is 5.82 Å². The van der Waals surface area contributed by atoms with Crippen LogP contribution in [-0.2, 0) is 6.54 Å². The minimum absolute atomic E-state index is 0.161. The number of nitrogens with one attached hydrogen (secondary N) is 1. The van der Waals surface area contributed by atoms with Gasteiger partial charge in [0, 0.05) is 12.2 Å². The highest BCUT2D eigenvalue weighted by Gasteiger charge is 2.01. The predicted molar refractivity (Wildman–Crippen MR) is 69.9 cm³/mol. The summed E-state index contributed by atoms with van der Waals surface area (Å²) in [7, 11) is 0. The summed E-state index contributed by atoms with van der Waals surface area (Å²) in [4.78, 5) is 0. The van der Waals surface area contributed by atoms with E-state index in [2.05, 4.69) is 5.32 Å². The van der Waals surface area contributed by atoms with Crippen LogP contribution in [0.25, 0.3) is 0 Å². The van der Waals surface area contributed by atoms with E-state index in [9.17, 15) is 4.39 Å². The average Bonchev–Trinajstić information content (AvgIpc) is 2.32. The second kappa shape index (κ2) is 5.19. The molecule has 1 N–H and O–H groups in total. The summed E-state index contributed by atoms with van der Waals surface area (Å²) in [6.07, 6.45) is 0. The third kappa shape index (κ3) is 2.98. The van der Waals surface area contributed by atoms with E-state index < -0.39 is 0 Å². The van der Waals surface area contributed by atoms with E-state index in [0.29, 0.717) is 6.54 Å². The molecule has 0 radical (unpaired) electrons. The van der Waals surface area contributed by atoms with Crippen LogP contribution in [0.5, 0.6) is 0 Å². The fourth-order valence-corrected chi connectivity index (χ4v) is 1.82. The molecule has 0 spiro atoms. The third-order valence-electron chi connectivity index (χ3n) is 2.61. The van der Waals surface area contributed by atoms with Crippen LogP contribution in [0.4, 0.5) is 10.1 Å². The molecule has 0 bridgehead atoms. The Hall–Kier alpha value is -1.54. The number of hydrogen-bond donors (Lipinski definition) is 1. The first-order valence-electron chi connectivity index (χ1n) is 5.40. The summed E-state index contributed by atoms with van der Waals surface area (Å²) in [5.74, 6) is -0.383. The molecule has 2 rings (SSSR count). The molecule has 0 saturated carbocycles. The summed E-state index contributed by atoms with van der Waals surface area (Å²) in [6.45, 7) is 2.67. The number of para-hydroxylation sites is 1. The maximum absolute atomic E-state index is 13.0. The number of anilines is 1.